The summed E-state index contributed by atoms with van der Waals surface area (Å²) in [4.78, 5) is 0. The van der Waals surface area contributed by atoms with Gasteiger partial charge in [0.2, 0.25) is 0 Å². The smallest absolute Gasteiger partial charge is 0.147 e. The summed E-state index contributed by atoms with van der Waals surface area (Å²) in [6, 6.07) is 4.94. The third kappa shape index (κ3) is 4.74. The maximum absolute atomic E-state index is 5.62. The number of halogens is 2. The van der Waals surface area contributed by atoms with Crippen molar-refractivity contribution in [2.24, 2.45) is 5.92 Å². The van der Waals surface area contributed by atoms with Crippen LogP contribution in [-0.2, 0) is 6.54 Å². The van der Waals surface area contributed by atoms with Crippen LogP contribution in [0, 0.1) is 5.92 Å². The molecule has 1 fully saturated rings. The van der Waals surface area contributed by atoms with Gasteiger partial charge in [-0.15, -0.1) is 0 Å². The molecule has 1 aliphatic rings. The molecule has 4 heteroatoms. The first kappa shape index (κ1) is 16.3. The molecule has 0 aromatic heterocycles. The van der Waals surface area contributed by atoms with E-state index in [4.69, 9.17) is 4.74 Å². The van der Waals surface area contributed by atoms with E-state index in [1.165, 1.54) is 31.2 Å². The molecule has 1 saturated carbocycles. The fourth-order valence-electron chi connectivity index (χ4n) is 2.41. The fraction of sp³-hybridized carbons (Fsp3) is 0.625. The van der Waals surface area contributed by atoms with Gasteiger partial charge < -0.3 is 10.1 Å². The minimum Gasteiger partial charge on any atom is -0.492 e. The van der Waals surface area contributed by atoms with Crippen molar-refractivity contribution in [1.82, 2.24) is 5.32 Å². The molecule has 20 heavy (non-hydrogen) atoms. The summed E-state index contributed by atoms with van der Waals surface area (Å²) in [6.07, 6.45) is 5.39. The lowest BCUT2D eigenvalue weighted by Crippen LogP contribution is -2.28. The van der Waals surface area contributed by atoms with Gasteiger partial charge in [0.15, 0.2) is 0 Å². The van der Waals surface area contributed by atoms with Gasteiger partial charge in [-0.2, -0.15) is 0 Å². The highest BCUT2D eigenvalue weighted by Gasteiger charge is 2.24. The second kappa shape index (κ2) is 7.81. The Morgan fingerprint density at radius 3 is 2.40 bits per heavy atom. The fourth-order valence-corrected chi connectivity index (χ4v) is 3.92. The van der Waals surface area contributed by atoms with E-state index >= 15 is 0 Å². The molecular weight excluding hydrogens is 382 g/mol. The molecule has 0 bridgehead atoms. The predicted octanol–water partition coefficient (Wildman–Crippen LogP) is 5.28. The Labute approximate surface area is 138 Å². The summed E-state index contributed by atoms with van der Waals surface area (Å²) in [5.41, 5.74) is 1.28. The Bertz CT molecular complexity index is 423. The highest BCUT2D eigenvalue weighted by molar-refractivity contribution is 9.11. The number of benzene rings is 1. The van der Waals surface area contributed by atoms with Crippen molar-refractivity contribution < 1.29 is 4.74 Å². The second-order valence-corrected chi connectivity index (χ2v) is 7.20. The molecule has 0 heterocycles. The van der Waals surface area contributed by atoms with Gasteiger partial charge in [0, 0.05) is 12.6 Å². The lowest BCUT2D eigenvalue weighted by Gasteiger charge is -2.17. The number of ether oxygens (including phenoxy) is 1. The number of rotatable bonds is 8. The number of hydrogen-bond donors (Lipinski definition) is 1. The Balaban J connectivity index is 1.94. The summed E-state index contributed by atoms with van der Waals surface area (Å²) in [5.74, 6) is 1.87. The molecule has 2 rings (SSSR count). The zero-order chi connectivity index (χ0) is 14.5. The summed E-state index contributed by atoms with van der Waals surface area (Å²) < 4.78 is 7.65. The molecule has 0 amide bonds. The van der Waals surface area contributed by atoms with Gasteiger partial charge in [0.25, 0.3) is 0 Å². The van der Waals surface area contributed by atoms with E-state index in [-0.39, 0.29) is 0 Å². The van der Waals surface area contributed by atoms with Gasteiger partial charge in [0.05, 0.1) is 15.6 Å². The van der Waals surface area contributed by atoms with Crippen molar-refractivity contribution in [2.45, 2.75) is 52.1 Å². The summed E-state index contributed by atoms with van der Waals surface area (Å²) in [5, 5.41) is 3.68. The minimum absolute atomic E-state index is 0.645. The van der Waals surface area contributed by atoms with Gasteiger partial charge in [-0.25, -0.2) is 0 Å². The van der Waals surface area contributed by atoms with E-state index in [0.717, 1.165) is 27.2 Å². The zero-order valence-electron chi connectivity index (χ0n) is 12.2. The van der Waals surface area contributed by atoms with Crippen molar-refractivity contribution in [1.29, 1.82) is 0 Å². The molecule has 0 aliphatic heterocycles. The lowest BCUT2D eigenvalue weighted by molar-refractivity contribution is 0.335. The van der Waals surface area contributed by atoms with Crippen LogP contribution in [0.4, 0.5) is 0 Å². The SMILES string of the molecule is CCOc1c(Br)cc(CNC(CC)CC2CC2)cc1Br. The molecule has 1 aromatic rings. The Hall–Kier alpha value is -0.0600. The summed E-state index contributed by atoms with van der Waals surface area (Å²) in [6.45, 7) is 5.85. The van der Waals surface area contributed by atoms with Crippen LogP contribution in [0.25, 0.3) is 0 Å². The van der Waals surface area contributed by atoms with E-state index in [1.807, 2.05) is 6.92 Å². The van der Waals surface area contributed by atoms with E-state index in [2.05, 4.69) is 56.2 Å². The van der Waals surface area contributed by atoms with Crippen molar-refractivity contribution in [3.8, 4) is 5.75 Å². The molecule has 1 unspecified atom stereocenters. The van der Waals surface area contributed by atoms with Crippen LogP contribution in [0.5, 0.6) is 5.75 Å². The van der Waals surface area contributed by atoms with Crippen molar-refractivity contribution >= 4 is 31.9 Å². The Kier molecular flexibility index (Phi) is 6.37. The first-order valence-corrected chi connectivity index (χ1v) is 9.06. The Morgan fingerprint density at radius 2 is 1.90 bits per heavy atom. The highest BCUT2D eigenvalue weighted by atomic mass is 79.9. The van der Waals surface area contributed by atoms with Crippen LogP contribution in [0.3, 0.4) is 0 Å². The maximum atomic E-state index is 5.62. The van der Waals surface area contributed by atoms with E-state index in [0.29, 0.717) is 12.6 Å². The predicted molar refractivity (Wildman–Crippen MR) is 91.3 cm³/mol. The highest BCUT2D eigenvalue weighted by Crippen LogP contribution is 2.35. The molecule has 0 spiro atoms. The standard InChI is InChI=1S/C16H23Br2NO/c1-3-13(7-11-5-6-11)19-10-12-8-14(17)16(20-4-2)15(18)9-12/h8-9,11,13,19H,3-7,10H2,1-2H3. The van der Waals surface area contributed by atoms with Crippen molar-refractivity contribution in [3.63, 3.8) is 0 Å². The maximum Gasteiger partial charge on any atom is 0.147 e. The second-order valence-electron chi connectivity index (χ2n) is 5.49. The number of nitrogens with one attached hydrogen (secondary N) is 1. The van der Waals surface area contributed by atoms with Gasteiger partial charge >= 0.3 is 0 Å². The zero-order valence-corrected chi connectivity index (χ0v) is 15.4. The van der Waals surface area contributed by atoms with E-state index in [9.17, 15) is 0 Å². The third-order valence-corrected chi connectivity index (χ3v) is 4.93. The van der Waals surface area contributed by atoms with Gasteiger partial charge in [-0.3, -0.25) is 0 Å². The normalized spacial score (nSPS) is 16.2. The van der Waals surface area contributed by atoms with E-state index < -0.39 is 0 Å². The lowest BCUT2D eigenvalue weighted by atomic mass is 10.1. The molecule has 112 valence electrons. The molecule has 2 nitrogen and oxygen atoms in total. The average Bonchev–Trinajstić information content (AvgIpc) is 3.22. The molecule has 0 saturated heterocycles. The van der Waals surface area contributed by atoms with Crippen LogP contribution >= 0.6 is 31.9 Å². The summed E-state index contributed by atoms with van der Waals surface area (Å²) >= 11 is 7.18. The monoisotopic (exact) mass is 403 g/mol. The molecule has 1 atom stereocenters. The molecular formula is C16H23Br2NO. The topological polar surface area (TPSA) is 21.3 Å². The van der Waals surface area contributed by atoms with Crippen LogP contribution in [0.15, 0.2) is 21.1 Å². The molecule has 0 radical (unpaired) electrons. The van der Waals surface area contributed by atoms with Crippen LogP contribution < -0.4 is 10.1 Å². The van der Waals surface area contributed by atoms with Gasteiger partial charge in [0.1, 0.15) is 5.75 Å². The minimum atomic E-state index is 0.645. The van der Waals surface area contributed by atoms with Crippen LogP contribution in [-0.4, -0.2) is 12.6 Å². The summed E-state index contributed by atoms with van der Waals surface area (Å²) in [7, 11) is 0. The average molecular weight is 405 g/mol. The van der Waals surface area contributed by atoms with Crippen molar-refractivity contribution in [2.75, 3.05) is 6.61 Å². The Morgan fingerprint density at radius 1 is 1.25 bits per heavy atom. The molecule has 1 aliphatic carbocycles. The first-order chi connectivity index (χ1) is 9.63. The third-order valence-electron chi connectivity index (χ3n) is 3.75. The van der Waals surface area contributed by atoms with Gasteiger partial charge in [-0.1, -0.05) is 19.8 Å². The molecule has 1 aromatic carbocycles. The largest absolute Gasteiger partial charge is 0.492 e. The van der Waals surface area contributed by atoms with Crippen LogP contribution in [0.2, 0.25) is 0 Å². The van der Waals surface area contributed by atoms with Gasteiger partial charge in [-0.05, 0) is 75.2 Å². The first-order valence-electron chi connectivity index (χ1n) is 7.48. The van der Waals surface area contributed by atoms with Crippen molar-refractivity contribution in [3.05, 3.63) is 26.6 Å². The number of hydrogen-bond acceptors (Lipinski definition) is 2. The quantitative estimate of drug-likeness (QED) is 0.636. The molecule has 1 N–H and O–H groups in total. The van der Waals surface area contributed by atoms with E-state index in [1.54, 1.807) is 0 Å². The van der Waals surface area contributed by atoms with Crippen LogP contribution in [0.1, 0.15) is 45.1 Å².